The molecule has 0 aliphatic carbocycles. The molecule has 0 spiro atoms. The van der Waals surface area contributed by atoms with Gasteiger partial charge >= 0.3 is 0 Å². The Morgan fingerprint density at radius 1 is 1.40 bits per heavy atom. The van der Waals surface area contributed by atoms with Gasteiger partial charge in [-0.25, -0.2) is 0 Å². The summed E-state index contributed by atoms with van der Waals surface area (Å²) in [5, 5.41) is 9.63. The smallest absolute Gasteiger partial charge is 0.0820 e. The van der Waals surface area contributed by atoms with Gasteiger partial charge in [0.25, 0.3) is 0 Å². The van der Waals surface area contributed by atoms with Crippen LogP contribution in [0.2, 0.25) is 0 Å². The molecule has 0 rings (SSSR count). The molecule has 0 saturated carbocycles. The number of rotatable bonds is 6. The second-order valence-electron chi connectivity index (χ2n) is 4.12. The Morgan fingerprint density at radius 2 is 1.93 bits per heavy atom. The van der Waals surface area contributed by atoms with Crippen LogP contribution in [-0.2, 0) is 9.53 Å². The molecule has 0 heterocycles. The van der Waals surface area contributed by atoms with Crippen molar-refractivity contribution in [3.63, 3.8) is 0 Å². The van der Waals surface area contributed by atoms with E-state index in [1.807, 2.05) is 6.26 Å². The Kier molecular flexibility index (Phi) is 12.6. The van der Waals surface area contributed by atoms with E-state index in [-0.39, 0.29) is 6.42 Å². The van der Waals surface area contributed by atoms with Gasteiger partial charge in [0.2, 0.25) is 0 Å². The number of aliphatic carboxylic acids is 1. The average molecular weight is 254 g/mol. The van der Waals surface area contributed by atoms with Crippen LogP contribution in [0.3, 0.4) is 0 Å². The standard InChI is InChI=1S/C6H16OP.C4H8O2S/c1-7-5-6-8(2,3)4;1-7-3-2-4(5)6/h5-6H2,1-4H3;2-3H2,1H3,(H,5,6)/q+1;/p-1. The first-order chi connectivity index (χ1) is 6.83. The Bertz CT molecular complexity index is 157. The molecule has 0 N–H and O–H groups in total. The average Bonchev–Trinajstić information content (AvgIpc) is 2.11. The minimum atomic E-state index is -0.964. The third-order valence-corrected chi connectivity index (χ3v) is 3.61. The van der Waals surface area contributed by atoms with Gasteiger partial charge < -0.3 is 14.6 Å². The van der Waals surface area contributed by atoms with Crippen molar-refractivity contribution in [2.24, 2.45) is 0 Å². The number of carbonyl (C=O) groups is 1. The van der Waals surface area contributed by atoms with Crippen LogP contribution in [0, 0.1) is 0 Å². The van der Waals surface area contributed by atoms with Crippen LogP contribution in [0.1, 0.15) is 6.42 Å². The van der Waals surface area contributed by atoms with E-state index in [9.17, 15) is 9.90 Å². The van der Waals surface area contributed by atoms with E-state index in [0.29, 0.717) is 5.75 Å². The predicted octanol–water partition coefficient (Wildman–Crippen LogP) is 1.03. The van der Waals surface area contributed by atoms with Crippen LogP contribution in [0.25, 0.3) is 0 Å². The predicted molar refractivity (Wildman–Crippen MR) is 69.4 cm³/mol. The van der Waals surface area contributed by atoms with Crippen molar-refractivity contribution in [2.75, 3.05) is 51.9 Å². The van der Waals surface area contributed by atoms with Gasteiger partial charge in [-0.15, -0.1) is 0 Å². The SMILES string of the molecule is COCC[P+](C)(C)C.CSCCC(=O)[O-]. The Balaban J connectivity index is 0. The highest BCUT2D eigenvalue weighted by Crippen LogP contribution is 2.45. The summed E-state index contributed by atoms with van der Waals surface area (Å²) < 4.78 is 4.95. The van der Waals surface area contributed by atoms with Crippen molar-refractivity contribution in [1.82, 2.24) is 0 Å². The third-order valence-electron chi connectivity index (χ3n) is 1.48. The fourth-order valence-electron chi connectivity index (χ4n) is 0.551. The summed E-state index contributed by atoms with van der Waals surface area (Å²) in [6, 6.07) is 0. The van der Waals surface area contributed by atoms with Crippen molar-refractivity contribution in [3.05, 3.63) is 0 Å². The number of carboxylic acids is 1. The minimum absolute atomic E-state index is 0.168. The number of carbonyl (C=O) groups excluding carboxylic acids is 1. The van der Waals surface area contributed by atoms with E-state index in [0.717, 1.165) is 6.61 Å². The molecule has 92 valence electrons. The zero-order valence-electron chi connectivity index (χ0n) is 10.4. The molecule has 0 aliphatic heterocycles. The number of hydrogen-bond acceptors (Lipinski definition) is 4. The van der Waals surface area contributed by atoms with Gasteiger partial charge in [-0.05, 0) is 18.4 Å². The van der Waals surface area contributed by atoms with E-state index < -0.39 is 13.2 Å². The lowest BCUT2D eigenvalue weighted by Crippen LogP contribution is -2.22. The van der Waals surface area contributed by atoms with Crippen LogP contribution in [0.15, 0.2) is 0 Å². The third kappa shape index (κ3) is 25.0. The first-order valence-electron chi connectivity index (χ1n) is 4.81. The molecule has 0 unspecified atom stereocenters. The summed E-state index contributed by atoms with van der Waals surface area (Å²) in [7, 11) is 1.20. The Morgan fingerprint density at radius 3 is 2.07 bits per heavy atom. The highest BCUT2D eigenvalue weighted by Gasteiger charge is 2.15. The molecule has 0 saturated heterocycles. The minimum Gasteiger partial charge on any atom is -0.550 e. The van der Waals surface area contributed by atoms with Gasteiger partial charge in [0.15, 0.2) is 0 Å². The van der Waals surface area contributed by atoms with Crippen LogP contribution >= 0.6 is 19.0 Å². The van der Waals surface area contributed by atoms with E-state index in [1.54, 1.807) is 7.11 Å². The summed E-state index contributed by atoms with van der Waals surface area (Å²) in [6.45, 7) is 7.90. The largest absolute Gasteiger partial charge is 0.550 e. The summed E-state index contributed by atoms with van der Waals surface area (Å²) in [4.78, 5) is 9.63. The molecule has 0 radical (unpaired) electrons. The van der Waals surface area contributed by atoms with Gasteiger partial charge in [0, 0.05) is 40.3 Å². The highest BCUT2D eigenvalue weighted by atomic mass is 32.2. The molecule has 3 nitrogen and oxygen atoms in total. The number of thioether (sulfide) groups is 1. The van der Waals surface area contributed by atoms with Crippen LogP contribution in [0.5, 0.6) is 0 Å². The zero-order chi connectivity index (χ0) is 12.3. The maximum atomic E-state index is 9.63. The summed E-state index contributed by atoms with van der Waals surface area (Å²) in [6.07, 6.45) is 3.29. The molecule has 0 aromatic carbocycles. The molecule has 0 aromatic heterocycles. The topological polar surface area (TPSA) is 49.4 Å². The summed E-state index contributed by atoms with van der Waals surface area (Å²) >= 11 is 1.51. The summed E-state index contributed by atoms with van der Waals surface area (Å²) in [5.41, 5.74) is 0. The maximum absolute atomic E-state index is 9.63. The molecule has 0 atom stereocenters. The quantitative estimate of drug-likeness (QED) is 0.664. The molecular formula is C10H23O3PS. The first-order valence-corrected chi connectivity index (χ1v) is 9.52. The van der Waals surface area contributed by atoms with Crippen LogP contribution in [-0.4, -0.2) is 57.9 Å². The maximum Gasteiger partial charge on any atom is 0.0820 e. The van der Waals surface area contributed by atoms with Crippen molar-refractivity contribution in [3.8, 4) is 0 Å². The first kappa shape index (κ1) is 17.6. The van der Waals surface area contributed by atoms with Gasteiger partial charge in [0.1, 0.15) is 0 Å². The molecule has 5 heteroatoms. The number of carboxylic acid groups (broad SMARTS) is 1. The highest BCUT2D eigenvalue weighted by molar-refractivity contribution is 7.98. The molecule has 0 bridgehead atoms. The lowest BCUT2D eigenvalue weighted by Gasteiger charge is -2.09. The summed E-state index contributed by atoms with van der Waals surface area (Å²) in [5.74, 6) is -0.308. The zero-order valence-corrected chi connectivity index (χ0v) is 12.1. The van der Waals surface area contributed by atoms with E-state index >= 15 is 0 Å². The van der Waals surface area contributed by atoms with Crippen LogP contribution < -0.4 is 5.11 Å². The second-order valence-corrected chi connectivity index (χ2v) is 10.1. The van der Waals surface area contributed by atoms with Gasteiger partial charge in [-0.2, -0.15) is 11.8 Å². The van der Waals surface area contributed by atoms with Gasteiger partial charge in [-0.3, -0.25) is 0 Å². The molecule has 0 aliphatic rings. The molecule has 0 aromatic rings. The van der Waals surface area contributed by atoms with Gasteiger partial charge in [-0.1, -0.05) is 0 Å². The van der Waals surface area contributed by atoms with Crippen molar-refractivity contribution in [2.45, 2.75) is 6.42 Å². The monoisotopic (exact) mass is 254 g/mol. The fraction of sp³-hybridized carbons (Fsp3) is 0.900. The van der Waals surface area contributed by atoms with E-state index in [4.69, 9.17) is 4.74 Å². The molecule has 15 heavy (non-hydrogen) atoms. The van der Waals surface area contributed by atoms with Crippen molar-refractivity contribution in [1.29, 1.82) is 0 Å². The lowest BCUT2D eigenvalue weighted by molar-refractivity contribution is -0.305. The number of methoxy groups -OCH3 is 1. The Labute approximate surface area is 98.3 Å². The van der Waals surface area contributed by atoms with E-state index in [1.165, 1.54) is 17.9 Å². The molecule has 0 amide bonds. The van der Waals surface area contributed by atoms with Crippen molar-refractivity contribution >= 4 is 25.0 Å². The van der Waals surface area contributed by atoms with Crippen LogP contribution in [0.4, 0.5) is 0 Å². The number of hydrogen-bond donors (Lipinski definition) is 0. The fourth-order valence-corrected chi connectivity index (χ4v) is 1.65. The molecule has 0 fully saturated rings. The lowest BCUT2D eigenvalue weighted by atomic mass is 10.5. The normalized spacial score (nSPS) is 10.5. The van der Waals surface area contributed by atoms with Crippen molar-refractivity contribution < 1.29 is 14.6 Å². The second kappa shape index (κ2) is 10.7. The number of ether oxygens (including phenoxy) is 1. The molecular weight excluding hydrogens is 231 g/mol. The van der Waals surface area contributed by atoms with E-state index in [2.05, 4.69) is 20.0 Å². The van der Waals surface area contributed by atoms with Gasteiger partial charge in [0.05, 0.1) is 12.8 Å². The Hall–Kier alpha value is 0.210.